The van der Waals surface area contributed by atoms with Gasteiger partial charge in [-0.25, -0.2) is 0 Å². The van der Waals surface area contributed by atoms with Crippen molar-refractivity contribution in [1.82, 2.24) is 20.3 Å². The van der Waals surface area contributed by atoms with E-state index in [9.17, 15) is 4.79 Å². The van der Waals surface area contributed by atoms with E-state index in [4.69, 9.17) is 9.47 Å². The van der Waals surface area contributed by atoms with Gasteiger partial charge in [-0.3, -0.25) is 9.48 Å². The highest BCUT2D eigenvalue weighted by Crippen LogP contribution is 2.24. The Kier molecular flexibility index (Phi) is 6.82. The lowest BCUT2D eigenvalue weighted by molar-refractivity contribution is 0.0909. The van der Waals surface area contributed by atoms with Gasteiger partial charge in [-0.05, 0) is 32.4 Å². The van der Waals surface area contributed by atoms with Crippen molar-refractivity contribution in [3.05, 3.63) is 35.7 Å². The summed E-state index contributed by atoms with van der Waals surface area (Å²) in [7, 11) is 3.08. The molecule has 0 aliphatic rings. The minimum Gasteiger partial charge on any atom is -0.497 e. The summed E-state index contributed by atoms with van der Waals surface area (Å²) in [5.41, 5.74) is 0.401. The molecule has 1 N–H and O–H groups in total. The molecule has 0 spiro atoms. The Balaban J connectivity index is 2.14. The topological polar surface area (TPSA) is 78.3 Å². The number of benzene rings is 1. The van der Waals surface area contributed by atoms with Crippen LogP contribution in [0.1, 0.15) is 36.3 Å². The summed E-state index contributed by atoms with van der Waals surface area (Å²) in [4.78, 5) is 12.7. The van der Waals surface area contributed by atoms with Gasteiger partial charge in [-0.2, -0.15) is 25.3 Å². The molecule has 1 amide bonds. The lowest BCUT2D eigenvalue weighted by atomic mass is 10.0. The number of ether oxygens (including phenoxy) is 2. The van der Waals surface area contributed by atoms with E-state index in [0.29, 0.717) is 29.3 Å². The zero-order chi connectivity index (χ0) is 19.3. The van der Waals surface area contributed by atoms with Crippen LogP contribution in [0, 0.1) is 0 Å². The highest BCUT2D eigenvalue weighted by atomic mass is 32.2. The Morgan fingerprint density at radius 2 is 1.85 bits per heavy atom. The van der Waals surface area contributed by atoms with Crippen molar-refractivity contribution >= 4 is 31.2 Å². The van der Waals surface area contributed by atoms with Crippen LogP contribution in [0.15, 0.2) is 24.4 Å². The Morgan fingerprint density at radius 3 is 2.38 bits per heavy atom. The summed E-state index contributed by atoms with van der Waals surface area (Å²) in [5, 5.41) is 11.2. The Morgan fingerprint density at radius 1 is 1.23 bits per heavy atom. The van der Waals surface area contributed by atoms with Crippen LogP contribution in [0.3, 0.4) is 0 Å². The Bertz CT molecular complexity index is 740. The van der Waals surface area contributed by atoms with Gasteiger partial charge < -0.3 is 14.8 Å². The van der Waals surface area contributed by atoms with Crippen LogP contribution in [0.5, 0.6) is 11.5 Å². The summed E-state index contributed by atoms with van der Waals surface area (Å²) in [6.45, 7) is 4.40. The monoisotopic (exact) mass is 396 g/mol. The zero-order valence-corrected chi connectivity index (χ0v) is 17.1. The normalized spacial score (nSPS) is 11.5. The van der Waals surface area contributed by atoms with Crippen LogP contribution in [-0.2, 0) is 12.1 Å². The van der Waals surface area contributed by atoms with Crippen molar-refractivity contribution < 1.29 is 14.3 Å². The first-order valence-corrected chi connectivity index (χ1v) is 9.11. The molecule has 1 aromatic carbocycles. The first kappa shape index (κ1) is 20.4. The molecule has 0 saturated heterocycles. The number of aryl methyl sites for hydroxylation is 1. The van der Waals surface area contributed by atoms with Gasteiger partial charge in [0.15, 0.2) is 0 Å². The maximum absolute atomic E-state index is 12.7. The zero-order valence-electron chi connectivity index (χ0n) is 15.3. The lowest BCUT2D eigenvalue weighted by Crippen LogP contribution is -2.41. The van der Waals surface area contributed by atoms with Gasteiger partial charge in [0.25, 0.3) is 5.91 Å². The molecular weight excluding hydrogens is 372 g/mol. The SMILES string of the molecule is COc1cc(OC)cc(C(=O)NC(C)(C)c2cn(CCC(S)S)nn2)c1. The van der Waals surface area contributed by atoms with Gasteiger partial charge in [0, 0.05) is 22.8 Å². The molecule has 2 aromatic rings. The van der Waals surface area contributed by atoms with Gasteiger partial charge in [0.1, 0.15) is 17.2 Å². The molecule has 0 atom stereocenters. The van der Waals surface area contributed by atoms with Gasteiger partial charge in [-0.1, -0.05) is 5.21 Å². The average Bonchev–Trinajstić information content (AvgIpc) is 3.09. The van der Waals surface area contributed by atoms with E-state index in [1.807, 2.05) is 20.0 Å². The van der Waals surface area contributed by atoms with Crippen molar-refractivity contribution in [2.24, 2.45) is 0 Å². The van der Waals surface area contributed by atoms with Crippen LogP contribution in [-0.4, -0.2) is 39.7 Å². The molecule has 0 aliphatic carbocycles. The number of nitrogens with one attached hydrogen (secondary N) is 1. The Labute approximate surface area is 164 Å². The second-order valence-electron chi connectivity index (χ2n) is 6.32. The molecule has 0 aliphatic heterocycles. The third kappa shape index (κ3) is 5.31. The lowest BCUT2D eigenvalue weighted by Gasteiger charge is -2.24. The quantitative estimate of drug-likeness (QED) is 0.472. The van der Waals surface area contributed by atoms with E-state index in [0.717, 1.165) is 6.42 Å². The molecule has 142 valence electrons. The molecular formula is C17H24N4O3S2. The van der Waals surface area contributed by atoms with Crippen molar-refractivity contribution in [2.75, 3.05) is 14.2 Å². The molecule has 26 heavy (non-hydrogen) atoms. The van der Waals surface area contributed by atoms with Gasteiger partial charge >= 0.3 is 0 Å². The number of thiol groups is 2. The highest BCUT2D eigenvalue weighted by Gasteiger charge is 2.27. The number of methoxy groups -OCH3 is 2. The van der Waals surface area contributed by atoms with Crippen molar-refractivity contribution in [3.8, 4) is 11.5 Å². The second-order valence-corrected chi connectivity index (χ2v) is 7.97. The molecule has 0 unspecified atom stereocenters. The molecule has 0 saturated carbocycles. The van der Waals surface area contributed by atoms with Crippen molar-refractivity contribution in [2.45, 2.75) is 36.9 Å². The predicted molar refractivity (Wildman–Crippen MR) is 106 cm³/mol. The van der Waals surface area contributed by atoms with E-state index >= 15 is 0 Å². The van der Waals surface area contributed by atoms with E-state index in [1.54, 1.807) is 37.1 Å². The summed E-state index contributed by atoms with van der Waals surface area (Å²) >= 11 is 8.47. The van der Waals surface area contributed by atoms with Crippen molar-refractivity contribution in [1.29, 1.82) is 0 Å². The minimum absolute atomic E-state index is 0.0154. The van der Waals surface area contributed by atoms with Crippen molar-refractivity contribution in [3.63, 3.8) is 0 Å². The van der Waals surface area contributed by atoms with Gasteiger partial charge in [0.05, 0.1) is 26.0 Å². The van der Waals surface area contributed by atoms with Crippen LogP contribution in [0.25, 0.3) is 0 Å². The van der Waals surface area contributed by atoms with E-state index in [-0.39, 0.29) is 10.5 Å². The standard InChI is InChI=1S/C17H24N4O3S2/c1-17(2,14-10-21(20-19-14)6-5-15(25)26)18-16(22)11-7-12(23-3)9-13(8-11)24-4/h7-10,15,25-26H,5-6H2,1-4H3,(H,18,22). The highest BCUT2D eigenvalue weighted by molar-refractivity contribution is 7.99. The molecule has 0 bridgehead atoms. The Hall–Kier alpha value is -1.87. The molecule has 1 heterocycles. The number of carbonyl (C=O) groups excluding carboxylic acids is 1. The minimum atomic E-state index is -0.701. The van der Waals surface area contributed by atoms with Gasteiger partial charge in [-0.15, -0.1) is 5.10 Å². The summed E-state index contributed by atoms with van der Waals surface area (Å²) in [6, 6.07) is 5.03. The smallest absolute Gasteiger partial charge is 0.252 e. The van der Waals surface area contributed by atoms with E-state index in [1.165, 1.54) is 0 Å². The van der Waals surface area contributed by atoms with E-state index < -0.39 is 5.54 Å². The molecule has 0 fully saturated rings. The fourth-order valence-electron chi connectivity index (χ4n) is 2.30. The molecule has 0 radical (unpaired) electrons. The van der Waals surface area contributed by atoms with Gasteiger partial charge in [0.2, 0.25) is 0 Å². The molecule has 2 rings (SSSR count). The summed E-state index contributed by atoms with van der Waals surface area (Å²) in [5.74, 6) is 0.838. The van der Waals surface area contributed by atoms with Crippen LogP contribution < -0.4 is 14.8 Å². The average molecular weight is 397 g/mol. The number of carbonyl (C=O) groups is 1. The van der Waals surface area contributed by atoms with Crippen LogP contribution in [0.4, 0.5) is 0 Å². The molecule has 1 aromatic heterocycles. The first-order chi connectivity index (χ1) is 12.2. The number of nitrogens with zero attached hydrogens (tertiary/aromatic N) is 3. The number of amides is 1. The second kappa shape index (κ2) is 8.68. The van der Waals surface area contributed by atoms with Crippen LogP contribution >= 0.6 is 25.3 Å². The fourth-order valence-corrected chi connectivity index (χ4v) is 2.53. The first-order valence-electron chi connectivity index (χ1n) is 8.07. The number of rotatable bonds is 8. The maximum atomic E-state index is 12.7. The summed E-state index contributed by atoms with van der Waals surface area (Å²) in [6.07, 6.45) is 2.57. The predicted octanol–water partition coefficient (Wildman–Crippen LogP) is 2.54. The molecule has 7 nitrogen and oxygen atoms in total. The number of hydrogen-bond acceptors (Lipinski definition) is 7. The molecule has 9 heteroatoms. The number of aromatic nitrogens is 3. The van der Waals surface area contributed by atoms with Crippen LogP contribution in [0.2, 0.25) is 0 Å². The number of hydrogen-bond donors (Lipinski definition) is 3. The third-order valence-corrected chi connectivity index (χ3v) is 4.35. The largest absolute Gasteiger partial charge is 0.497 e. The van der Waals surface area contributed by atoms with E-state index in [2.05, 4.69) is 40.9 Å². The maximum Gasteiger partial charge on any atom is 0.252 e. The fraction of sp³-hybridized carbons (Fsp3) is 0.471. The third-order valence-electron chi connectivity index (χ3n) is 3.84. The summed E-state index contributed by atoms with van der Waals surface area (Å²) < 4.78 is 12.1.